The summed E-state index contributed by atoms with van der Waals surface area (Å²) in [7, 11) is 0. The summed E-state index contributed by atoms with van der Waals surface area (Å²) in [6.07, 6.45) is 1.71. The minimum atomic E-state index is -0.115. The third kappa shape index (κ3) is 7.35. The lowest BCUT2D eigenvalue weighted by atomic mass is 9.87. The van der Waals surface area contributed by atoms with E-state index in [1.54, 1.807) is 11.8 Å². The number of rotatable bonds is 6. The number of piperidine rings is 1. The van der Waals surface area contributed by atoms with Gasteiger partial charge in [0.2, 0.25) is 11.8 Å². The van der Waals surface area contributed by atoms with Crippen molar-refractivity contribution in [2.45, 2.75) is 43.9 Å². The van der Waals surface area contributed by atoms with E-state index in [1.165, 1.54) is 5.56 Å². The van der Waals surface area contributed by atoms with Crippen LogP contribution in [0.15, 0.2) is 29.2 Å². The number of amides is 2. The maximum Gasteiger partial charge on any atom is 0.232 e. The Morgan fingerprint density at radius 2 is 1.93 bits per heavy atom. The molecule has 0 saturated carbocycles. The molecule has 7 heteroatoms. The van der Waals surface area contributed by atoms with Gasteiger partial charge in [-0.25, -0.2) is 0 Å². The zero-order chi connectivity index (χ0) is 19.2. The topological polar surface area (TPSA) is 75.4 Å². The number of thioether (sulfide) groups is 1. The van der Waals surface area contributed by atoms with Crippen molar-refractivity contribution in [3.63, 3.8) is 0 Å². The second-order valence-electron chi connectivity index (χ2n) is 7.82. The Labute approximate surface area is 173 Å². The maximum atomic E-state index is 12.5. The van der Waals surface area contributed by atoms with Crippen LogP contribution >= 0.6 is 24.2 Å². The van der Waals surface area contributed by atoms with E-state index in [0.29, 0.717) is 25.4 Å². The predicted octanol–water partition coefficient (Wildman–Crippen LogP) is 2.81. The molecule has 1 aliphatic heterocycles. The molecular formula is C20H32ClN3O2S. The Hall–Kier alpha value is -1.24. The molecular weight excluding hydrogens is 382 g/mol. The van der Waals surface area contributed by atoms with E-state index in [4.69, 9.17) is 5.73 Å². The molecule has 1 aromatic carbocycles. The fourth-order valence-electron chi connectivity index (χ4n) is 3.04. The van der Waals surface area contributed by atoms with Gasteiger partial charge in [0.1, 0.15) is 0 Å². The van der Waals surface area contributed by atoms with E-state index in [0.717, 1.165) is 24.3 Å². The van der Waals surface area contributed by atoms with Gasteiger partial charge in [-0.2, -0.15) is 0 Å². The van der Waals surface area contributed by atoms with E-state index >= 15 is 0 Å². The van der Waals surface area contributed by atoms with Gasteiger partial charge in [-0.3, -0.25) is 9.59 Å². The van der Waals surface area contributed by atoms with Gasteiger partial charge in [0.25, 0.3) is 0 Å². The van der Waals surface area contributed by atoms with Gasteiger partial charge < -0.3 is 16.0 Å². The number of carbonyl (C=O) groups is 2. The minimum absolute atomic E-state index is 0. The largest absolute Gasteiger partial charge is 0.355 e. The third-order valence-electron chi connectivity index (χ3n) is 4.67. The fourth-order valence-corrected chi connectivity index (χ4v) is 3.85. The number of nitrogens with one attached hydrogen (secondary N) is 1. The first-order valence-electron chi connectivity index (χ1n) is 9.30. The first kappa shape index (κ1) is 23.8. The fraction of sp³-hybridized carbons (Fsp3) is 0.600. The van der Waals surface area contributed by atoms with Crippen LogP contribution in [0.3, 0.4) is 0 Å². The van der Waals surface area contributed by atoms with Crippen LogP contribution in [0.2, 0.25) is 0 Å². The molecule has 1 aromatic rings. The predicted molar refractivity (Wildman–Crippen MR) is 114 cm³/mol. The Kier molecular flexibility index (Phi) is 9.63. The lowest BCUT2D eigenvalue weighted by molar-refractivity contribution is -0.133. The van der Waals surface area contributed by atoms with E-state index in [-0.39, 0.29) is 35.6 Å². The van der Waals surface area contributed by atoms with Crippen molar-refractivity contribution in [1.29, 1.82) is 0 Å². The number of nitrogens with two attached hydrogens (primary N) is 1. The van der Waals surface area contributed by atoms with E-state index in [1.807, 2.05) is 4.90 Å². The second-order valence-corrected chi connectivity index (χ2v) is 8.87. The van der Waals surface area contributed by atoms with Crippen LogP contribution in [0, 0.1) is 5.92 Å². The van der Waals surface area contributed by atoms with Gasteiger partial charge in [0, 0.05) is 31.1 Å². The molecule has 0 aromatic heterocycles. The zero-order valence-corrected chi connectivity index (χ0v) is 18.1. The van der Waals surface area contributed by atoms with Crippen molar-refractivity contribution in [2.75, 3.05) is 31.9 Å². The molecule has 1 heterocycles. The molecule has 0 spiro atoms. The first-order valence-corrected chi connectivity index (χ1v) is 10.3. The van der Waals surface area contributed by atoms with Crippen molar-refractivity contribution in [1.82, 2.24) is 10.2 Å². The van der Waals surface area contributed by atoms with Crippen molar-refractivity contribution >= 4 is 36.0 Å². The van der Waals surface area contributed by atoms with E-state index in [9.17, 15) is 9.59 Å². The number of hydrogen-bond acceptors (Lipinski definition) is 4. The summed E-state index contributed by atoms with van der Waals surface area (Å²) >= 11 is 1.56. The summed E-state index contributed by atoms with van der Waals surface area (Å²) in [6.45, 7) is 8.75. The highest BCUT2D eigenvalue weighted by atomic mass is 35.5. The second kappa shape index (κ2) is 10.9. The van der Waals surface area contributed by atoms with Crippen LogP contribution in [0.25, 0.3) is 0 Å². The van der Waals surface area contributed by atoms with Gasteiger partial charge in [0.15, 0.2) is 0 Å². The smallest absolute Gasteiger partial charge is 0.232 e. The molecule has 2 rings (SSSR count). The standard InChI is InChI=1S/C20H31N3O2S.ClH/c1-20(2,3)16-6-8-17(9-7-16)26-14-18(24)23-12-4-5-15(13-23)19(25)22-11-10-21;/h6-9,15H,4-5,10-14,21H2,1-3H3,(H,22,25);1H. The Morgan fingerprint density at radius 3 is 2.52 bits per heavy atom. The molecule has 1 unspecified atom stereocenters. The van der Waals surface area contributed by atoms with Crippen molar-refractivity contribution < 1.29 is 9.59 Å². The zero-order valence-electron chi connectivity index (χ0n) is 16.5. The Bertz CT molecular complexity index is 617. The Balaban J connectivity index is 0.00000364. The molecule has 3 N–H and O–H groups in total. The molecule has 2 amide bonds. The molecule has 0 aliphatic carbocycles. The highest BCUT2D eigenvalue weighted by molar-refractivity contribution is 8.00. The number of nitrogens with zero attached hydrogens (tertiary/aromatic N) is 1. The van der Waals surface area contributed by atoms with E-state index in [2.05, 4.69) is 50.4 Å². The number of halogens is 1. The number of benzene rings is 1. The van der Waals surface area contributed by atoms with Crippen LogP contribution in [0.5, 0.6) is 0 Å². The molecule has 27 heavy (non-hydrogen) atoms. The summed E-state index contributed by atoms with van der Waals surface area (Å²) in [5.74, 6) is 0.409. The van der Waals surface area contributed by atoms with Gasteiger partial charge >= 0.3 is 0 Å². The van der Waals surface area contributed by atoms with Gasteiger partial charge in [0.05, 0.1) is 11.7 Å². The molecule has 1 aliphatic rings. The molecule has 5 nitrogen and oxygen atoms in total. The normalized spacial score (nSPS) is 17.2. The van der Waals surface area contributed by atoms with Crippen LogP contribution in [0.4, 0.5) is 0 Å². The average molecular weight is 414 g/mol. The summed E-state index contributed by atoms with van der Waals surface area (Å²) < 4.78 is 0. The van der Waals surface area contributed by atoms with Crippen LogP contribution in [-0.4, -0.2) is 48.6 Å². The lowest BCUT2D eigenvalue weighted by Gasteiger charge is -2.32. The summed E-state index contributed by atoms with van der Waals surface area (Å²) in [5.41, 5.74) is 6.85. The van der Waals surface area contributed by atoms with E-state index < -0.39 is 0 Å². The summed E-state index contributed by atoms with van der Waals surface area (Å²) in [4.78, 5) is 27.6. The highest BCUT2D eigenvalue weighted by Gasteiger charge is 2.28. The molecule has 152 valence electrons. The SMILES string of the molecule is CC(C)(C)c1ccc(SCC(=O)N2CCCC(C(=O)NCCN)C2)cc1.Cl. The quantitative estimate of drug-likeness (QED) is 0.703. The molecule has 1 fully saturated rings. The average Bonchev–Trinajstić information content (AvgIpc) is 2.63. The molecule has 1 saturated heterocycles. The van der Waals surface area contributed by atoms with Gasteiger partial charge in [-0.05, 0) is 36.0 Å². The monoisotopic (exact) mass is 413 g/mol. The van der Waals surface area contributed by atoms with Gasteiger partial charge in [-0.15, -0.1) is 24.2 Å². The first-order chi connectivity index (χ1) is 12.3. The summed E-state index contributed by atoms with van der Waals surface area (Å²) in [6, 6.07) is 8.42. The molecule has 0 radical (unpaired) electrons. The minimum Gasteiger partial charge on any atom is -0.355 e. The molecule has 0 bridgehead atoms. The third-order valence-corrected chi connectivity index (χ3v) is 5.67. The number of likely N-dealkylation sites (tertiary alicyclic amines) is 1. The van der Waals surface area contributed by atoms with Crippen LogP contribution in [0.1, 0.15) is 39.2 Å². The summed E-state index contributed by atoms with van der Waals surface area (Å²) in [5, 5.41) is 2.83. The van der Waals surface area contributed by atoms with Crippen LogP contribution < -0.4 is 11.1 Å². The lowest BCUT2D eigenvalue weighted by Crippen LogP contribution is -2.46. The van der Waals surface area contributed by atoms with Gasteiger partial charge in [-0.1, -0.05) is 32.9 Å². The highest BCUT2D eigenvalue weighted by Crippen LogP contribution is 2.26. The van der Waals surface area contributed by atoms with Crippen molar-refractivity contribution in [3.05, 3.63) is 29.8 Å². The number of hydrogen-bond donors (Lipinski definition) is 2. The maximum absolute atomic E-state index is 12.5. The van der Waals surface area contributed by atoms with Crippen molar-refractivity contribution in [2.24, 2.45) is 11.7 Å². The molecule has 1 atom stereocenters. The van der Waals surface area contributed by atoms with Crippen molar-refractivity contribution in [3.8, 4) is 0 Å². The number of carbonyl (C=O) groups excluding carboxylic acids is 2. The van der Waals surface area contributed by atoms with Crippen LogP contribution in [-0.2, 0) is 15.0 Å². The Morgan fingerprint density at radius 1 is 1.26 bits per heavy atom.